The number of thioether (sulfide) groups is 1. The first-order chi connectivity index (χ1) is 15.6. The van der Waals surface area contributed by atoms with Gasteiger partial charge in [-0.05, 0) is 35.4 Å². The fraction of sp³-hybridized carbons (Fsp3) is 0.231. The predicted molar refractivity (Wildman–Crippen MR) is 134 cm³/mol. The fourth-order valence-electron chi connectivity index (χ4n) is 3.47. The van der Waals surface area contributed by atoms with E-state index >= 15 is 0 Å². The summed E-state index contributed by atoms with van der Waals surface area (Å²) in [6.07, 6.45) is 0.821. The van der Waals surface area contributed by atoms with Gasteiger partial charge in [0.2, 0.25) is 11.8 Å². The Kier molecular flexibility index (Phi) is 9.38. The molecule has 0 radical (unpaired) electrons. The second-order valence-corrected chi connectivity index (χ2v) is 9.47. The maximum absolute atomic E-state index is 13.4. The molecule has 1 N–H and O–H groups in total. The van der Waals surface area contributed by atoms with Gasteiger partial charge in [0.15, 0.2) is 0 Å². The van der Waals surface area contributed by atoms with Gasteiger partial charge < -0.3 is 10.2 Å². The van der Waals surface area contributed by atoms with Crippen molar-refractivity contribution in [2.24, 2.45) is 0 Å². The smallest absolute Gasteiger partial charge is 0.242 e. The van der Waals surface area contributed by atoms with E-state index in [1.165, 1.54) is 0 Å². The van der Waals surface area contributed by atoms with Gasteiger partial charge in [0.1, 0.15) is 6.04 Å². The lowest BCUT2D eigenvalue weighted by Crippen LogP contribution is -2.49. The Morgan fingerprint density at radius 2 is 1.59 bits per heavy atom. The molecule has 6 heteroatoms. The van der Waals surface area contributed by atoms with Gasteiger partial charge in [-0.1, -0.05) is 76.6 Å². The lowest BCUT2D eigenvalue weighted by Gasteiger charge is -2.31. The summed E-state index contributed by atoms with van der Waals surface area (Å²) < 4.78 is 0.946. The summed E-state index contributed by atoms with van der Waals surface area (Å²) in [5, 5.41) is 2.75. The highest BCUT2D eigenvalue weighted by atomic mass is 79.9. The van der Waals surface area contributed by atoms with E-state index in [2.05, 4.69) is 21.2 Å². The van der Waals surface area contributed by atoms with Crippen molar-refractivity contribution in [1.29, 1.82) is 0 Å². The Morgan fingerprint density at radius 3 is 2.25 bits per heavy atom. The van der Waals surface area contributed by atoms with Crippen LogP contribution in [0.2, 0.25) is 0 Å². The van der Waals surface area contributed by atoms with Crippen molar-refractivity contribution in [2.75, 3.05) is 12.8 Å². The van der Waals surface area contributed by atoms with Crippen LogP contribution in [0.3, 0.4) is 0 Å². The molecule has 0 heterocycles. The van der Waals surface area contributed by atoms with Gasteiger partial charge in [0.25, 0.3) is 0 Å². The molecular weight excluding hydrogens is 484 g/mol. The van der Waals surface area contributed by atoms with Crippen LogP contribution in [0.1, 0.15) is 17.5 Å². The summed E-state index contributed by atoms with van der Waals surface area (Å²) in [5.41, 5.74) is 2.00. The minimum atomic E-state index is -0.587. The number of nitrogens with zero attached hydrogens (tertiary/aromatic N) is 1. The summed E-state index contributed by atoms with van der Waals surface area (Å²) in [6.45, 7) is 0.374. The van der Waals surface area contributed by atoms with Gasteiger partial charge in [0, 0.05) is 41.6 Å². The van der Waals surface area contributed by atoms with Crippen molar-refractivity contribution < 1.29 is 9.59 Å². The molecule has 0 aliphatic heterocycles. The van der Waals surface area contributed by atoms with Gasteiger partial charge in [-0.15, -0.1) is 11.8 Å². The molecule has 3 rings (SSSR count). The largest absolute Gasteiger partial charge is 0.357 e. The molecule has 3 aromatic rings. The molecule has 0 fully saturated rings. The van der Waals surface area contributed by atoms with E-state index in [9.17, 15) is 9.59 Å². The Balaban J connectivity index is 1.81. The lowest BCUT2D eigenvalue weighted by atomic mass is 10.0. The van der Waals surface area contributed by atoms with Crippen LogP contribution in [0.25, 0.3) is 0 Å². The van der Waals surface area contributed by atoms with Crippen molar-refractivity contribution in [3.05, 3.63) is 101 Å². The molecule has 1 atom stereocenters. The topological polar surface area (TPSA) is 49.4 Å². The molecule has 32 heavy (non-hydrogen) atoms. The summed E-state index contributed by atoms with van der Waals surface area (Å²) in [6, 6.07) is 27.1. The second-order valence-electron chi connectivity index (χ2n) is 7.38. The zero-order valence-electron chi connectivity index (χ0n) is 18.0. The predicted octanol–water partition coefficient (Wildman–Crippen LogP) is 5.32. The fourth-order valence-corrected chi connectivity index (χ4v) is 4.78. The Morgan fingerprint density at radius 1 is 0.938 bits per heavy atom. The number of benzene rings is 3. The second kappa shape index (κ2) is 12.5. The summed E-state index contributed by atoms with van der Waals surface area (Å²) >= 11 is 5.15. The molecule has 0 bridgehead atoms. The zero-order valence-corrected chi connectivity index (χ0v) is 20.4. The van der Waals surface area contributed by atoms with E-state index < -0.39 is 6.04 Å². The van der Waals surface area contributed by atoms with Crippen LogP contribution >= 0.6 is 27.7 Å². The van der Waals surface area contributed by atoms with Crippen LogP contribution in [0.5, 0.6) is 0 Å². The number of amides is 2. The third-order valence-corrected chi connectivity index (χ3v) is 6.59. The van der Waals surface area contributed by atoms with E-state index in [0.29, 0.717) is 25.1 Å². The molecule has 3 aromatic carbocycles. The van der Waals surface area contributed by atoms with Crippen LogP contribution in [0.15, 0.2) is 94.3 Å². The molecule has 166 valence electrons. The average molecular weight is 511 g/mol. The van der Waals surface area contributed by atoms with E-state index in [0.717, 1.165) is 20.5 Å². The highest BCUT2D eigenvalue weighted by Gasteiger charge is 2.29. The van der Waals surface area contributed by atoms with Crippen LogP contribution in [0, 0.1) is 0 Å². The number of nitrogens with one attached hydrogen (secondary N) is 1. The highest BCUT2D eigenvalue weighted by molar-refractivity contribution is 9.10. The minimum absolute atomic E-state index is 0.0297. The molecule has 2 amide bonds. The van der Waals surface area contributed by atoms with Gasteiger partial charge >= 0.3 is 0 Å². The van der Waals surface area contributed by atoms with Gasteiger partial charge in [-0.25, -0.2) is 0 Å². The first kappa shape index (κ1) is 24.1. The number of hydrogen-bond acceptors (Lipinski definition) is 3. The molecule has 0 aliphatic rings. The zero-order chi connectivity index (χ0) is 22.8. The monoisotopic (exact) mass is 510 g/mol. The van der Waals surface area contributed by atoms with Crippen molar-refractivity contribution in [1.82, 2.24) is 10.2 Å². The van der Waals surface area contributed by atoms with Gasteiger partial charge in [0.05, 0.1) is 0 Å². The van der Waals surface area contributed by atoms with Crippen molar-refractivity contribution >= 4 is 39.5 Å². The van der Waals surface area contributed by atoms with E-state index in [1.807, 2.05) is 84.9 Å². The molecule has 0 saturated carbocycles. The van der Waals surface area contributed by atoms with Gasteiger partial charge in [-0.2, -0.15) is 0 Å². The lowest BCUT2D eigenvalue weighted by molar-refractivity contribution is -0.140. The maximum Gasteiger partial charge on any atom is 0.242 e. The number of rotatable bonds is 10. The summed E-state index contributed by atoms with van der Waals surface area (Å²) in [7, 11) is 1.62. The Hall–Kier alpha value is -2.57. The molecule has 0 aliphatic carbocycles. The summed E-state index contributed by atoms with van der Waals surface area (Å²) in [5.74, 6) is 0.467. The SMILES string of the molecule is CNC(=O)[C@@H](Cc1ccccc1)N(Cc1cccc(Br)c1)C(=O)CCSc1ccccc1. The first-order valence-corrected chi connectivity index (χ1v) is 12.3. The van der Waals surface area contributed by atoms with E-state index in [-0.39, 0.29) is 11.8 Å². The number of carbonyl (C=O) groups is 2. The third-order valence-electron chi connectivity index (χ3n) is 5.09. The number of likely N-dealkylation sites (N-methyl/N-ethyl adjacent to an activating group) is 1. The van der Waals surface area contributed by atoms with Crippen LogP contribution in [0.4, 0.5) is 0 Å². The number of hydrogen-bond donors (Lipinski definition) is 1. The normalized spacial score (nSPS) is 11.6. The number of carbonyl (C=O) groups excluding carboxylic acids is 2. The molecular formula is C26H27BrN2O2S. The maximum atomic E-state index is 13.4. The standard InChI is InChI=1S/C26H27BrN2O2S/c1-28-26(31)24(18-20-9-4-2-5-10-20)29(19-21-11-8-12-22(27)17-21)25(30)15-16-32-23-13-6-3-7-14-23/h2-14,17,24H,15-16,18-19H2,1H3,(H,28,31)/t24-/m1/s1. The molecule has 0 spiro atoms. The summed E-state index contributed by atoms with van der Waals surface area (Å²) in [4.78, 5) is 29.1. The van der Waals surface area contributed by atoms with Crippen molar-refractivity contribution in [3.63, 3.8) is 0 Å². The quantitative estimate of drug-likeness (QED) is 0.375. The third kappa shape index (κ3) is 7.24. The van der Waals surface area contributed by atoms with E-state index in [1.54, 1.807) is 23.7 Å². The van der Waals surface area contributed by atoms with Crippen molar-refractivity contribution in [2.45, 2.75) is 30.3 Å². The molecule has 0 aromatic heterocycles. The first-order valence-electron chi connectivity index (χ1n) is 10.5. The Labute approximate surface area is 202 Å². The molecule has 0 saturated heterocycles. The van der Waals surface area contributed by atoms with E-state index in [4.69, 9.17) is 0 Å². The van der Waals surface area contributed by atoms with Crippen LogP contribution in [-0.2, 0) is 22.6 Å². The van der Waals surface area contributed by atoms with Crippen LogP contribution < -0.4 is 5.32 Å². The minimum Gasteiger partial charge on any atom is -0.357 e. The average Bonchev–Trinajstić information content (AvgIpc) is 2.82. The molecule has 4 nitrogen and oxygen atoms in total. The Bertz CT molecular complexity index is 1010. The van der Waals surface area contributed by atoms with Crippen molar-refractivity contribution in [3.8, 4) is 0 Å². The van der Waals surface area contributed by atoms with Gasteiger partial charge in [-0.3, -0.25) is 9.59 Å². The van der Waals surface area contributed by atoms with Crippen LogP contribution in [-0.4, -0.2) is 35.6 Å². The number of halogens is 1. The molecule has 0 unspecified atom stereocenters. The highest BCUT2D eigenvalue weighted by Crippen LogP contribution is 2.21.